The Labute approximate surface area is 135 Å². The van der Waals surface area contributed by atoms with Crippen molar-refractivity contribution < 1.29 is 19.0 Å². The molecule has 3 rings (SSSR count). The maximum Gasteiger partial charge on any atom is 0.254 e. The van der Waals surface area contributed by atoms with Crippen LogP contribution in [0.3, 0.4) is 0 Å². The number of amides is 1. The zero-order valence-electron chi connectivity index (χ0n) is 13.2. The van der Waals surface area contributed by atoms with Crippen molar-refractivity contribution in [3.8, 4) is 11.5 Å². The normalized spacial score (nSPS) is 18.6. The second kappa shape index (κ2) is 7.43. The molecule has 2 aliphatic rings. The molecule has 0 atom stereocenters. The van der Waals surface area contributed by atoms with E-state index in [9.17, 15) is 4.79 Å². The van der Waals surface area contributed by atoms with Crippen molar-refractivity contribution in [2.24, 2.45) is 5.10 Å². The third kappa shape index (κ3) is 4.20. The third-order valence-corrected chi connectivity index (χ3v) is 3.78. The van der Waals surface area contributed by atoms with Crippen molar-refractivity contribution in [3.05, 3.63) is 23.8 Å². The number of fused-ring (bicyclic) bond motifs is 1. The second-order valence-electron chi connectivity index (χ2n) is 5.48. The van der Waals surface area contributed by atoms with E-state index < -0.39 is 0 Å². The standard InChI is InChI=1S/C16H21N3O4/c1-12(13-2-3-14-15(10-13)23-9-8-22-14)17-18-16(20)11-19-4-6-21-7-5-19/h2-3,10H,4-9,11H2,1H3,(H,18,20)/b17-12-. The summed E-state index contributed by atoms with van der Waals surface area (Å²) in [6.07, 6.45) is 0. The highest BCUT2D eigenvalue weighted by Gasteiger charge is 2.15. The van der Waals surface area contributed by atoms with Crippen molar-refractivity contribution in [1.29, 1.82) is 0 Å². The number of nitrogens with zero attached hydrogens (tertiary/aromatic N) is 2. The number of ether oxygens (including phenoxy) is 3. The van der Waals surface area contributed by atoms with Gasteiger partial charge in [0.25, 0.3) is 5.91 Å². The quantitative estimate of drug-likeness (QED) is 0.651. The largest absolute Gasteiger partial charge is 0.486 e. The molecule has 23 heavy (non-hydrogen) atoms. The lowest BCUT2D eigenvalue weighted by molar-refractivity contribution is -0.123. The molecule has 7 heteroatoms. The number of hydrazone groups is 1. The summed E-state index contributed by atoms with van der Waals surface area (Å²) < 4.78 is 16.3. The van der Waals surface area contributed by atoms with Gasteiger partial charge in [0.15, 0.2) is 11.5 Å². The average Bonchev–Trinajstić information content (AvgIpc) is 2.60. The minimum absolute atomic E-state index is 0.121. The van der Waals surface area contributed by atoms with Gasteiger partial charge in [0.05, 0.1) is 25.5 Å². The summed E-state index contributed by atoms with van der Waals surface area (Å²) in [4.78, 5) is 14.0. The highest BCUT2D eigenvalue weighted by atomic mass is 16.6. The molecule has 124 valence electrons. The van der Waals surface area contributed by atoms with Crippen LogP contribution in [0, 0.1) is 0 Å². The molecule has 2 aliphatic heterocycles. The maximum absolute atomic E-state index is 11.9. The third-order valence-electron chi connectivity index (χ3n) is 3.78. The lowest BCUT2D eigenvalue weighted by Gasteiger charge is -2.25. The zero-order chi connectivity index (χ0) is 16.1. The first-order chi connectivity index (χ1) is 11.2. The van der Waals surface area contributed by atoms with Crippen molar-refractivity contribution >= 4 is 11.6 Å². The van der Waals surface area contributed by atoms with Crippen LogP contribution in [0.4, 0.5) is 0 Å². The Balaban J connectivity index is 1.57. The van der Waals surface area contributed by atoms with Crippen LogP contribution in [0.25, 0.3) is 0 Å². The Hall–Kier alpha value is -2.12. The minimum atomic E-state index is -0.121. The Morgan fingerprint density at radius 1 is 1.17 bits per heavy atom. The fraction of sp³-hybridized carbons (Fsp3) is 0.500. The maximum atomic E-state index is 11.9. The van der Waals surface area contributed by atoms with E-state index in [0.29, 0.717) is 38.7 Å². The van der Waals surface area contributed by atoms with Gasteiger partial charge in [-0.1, -0.05) is 0 Å². The summed E-state index contributed by atoms with van der Waals surface area (Å²) in [5.74, 6) is 1.33. The Morgan fingerprint density at radius 3 is 2.70 bits per heavy atom. The Kier molecular flexibility index (Phi) is 5.09. The van der Waals surface area contributed by atoms with Crippen molar-refractivity contribution in [2.75, 3.05) is 46.1 Å². The van der Waals surface area contributed by atoms with Crippen LogP contribution in [0.15, 0.2) is 23.3 Å². The van der Waals surface area contributed by atoms with Gasteiger partial charge in [-0.2, -0.15) is 5.10 Å². The van der Waals surface area contributed by atoms with Crippen LogP contribution in [-0.4, -0.2) is 62.6 Å². The number of benzene rings is 1. The van der Waals surface area contributed by atoms with Gasteiger partial charge in [0.1, 0.15) is 13.2 Å². The molecular formula is C16H21N3O4. The molecule has 0 spiro atoms. The van der Waals surface area contributed by atoms with E-state index in [-0.39, 0.29) is 5.91 Å². The molecule has 1 amide bonds. The van der Waals surface area contributed by atoms with Gasteiger partial charge >= 0.3 is 0 Å². The predicted molar refractivity (Wildman–Crippen MR) is 85.0 cm³/mol. The van der Waals surface area contributed by atoms with Gasteiger partial charge in [0.2, 0.25) is 0 Å². The van der Waals surface area contributed by atoms with Crippen LogP contribution in [0.1, 0.15) is 12.5 Å². The van der Waals surface area contributed by atoms with E-state index in [4.69, 9.17) is 14.2 Å². The minimum Gasteiger partial charge on any atom is -0.486 e. The average molecular weight is 319 g/mol. The molecule has 1 aromatic rings. The first-order valence-corrected chi connectivity index (χ1v) is 7.75. The monoisotopic (exact) mass is 319 g/mol. The van der Waals surface area contributed by atoms with E-state index in [1.54, 1.807) is 0 Å². The predicted octanol–water partition coefficient (Wildman–Crippen LogP) is 0.630. The first-order valence-electron chi connectivity index (χ1n) is 7.75. The van der Waals surface area contributed by atoms with Crippen molar-refractivity contribution in [3.63, 3.8) is 0 Å². The summed E-state index contributed by atoms with van der Waals surface area (Å²) >= 11 is 0. The molecule has 0 unspecified atom stereocenters. The molecule has 1 saturated heterocycles. The Morgan fingerprint density at radius 2 is 1.91 bits per heavy atom. The summed E-state index contributed by atoms with van der Waals surface area (Å²) in [5, 5.41) is 4.17. The van der Waals surface area contributed by atoms with Crippen molar-refractivity contribution in [2.45, 2.75) is 6.92 Å². The molecule has 1 aromatic carbocycles. The van der Waals surface area contributed by atoms with Gasteiger partial charge < -0.3 is 14.2 Å². The van der Waals surface area contributed by atoms with E-state index in [0.717, 1.165) is 30.1 Å². The van der Waals surface area contributed by atoms with Crippen LogP contribution < -0.4 is 14.9 Å². The molecular weight excluding hydrogens is 298 g/mol. The lowest BCUT2D eigenvalue weighted by Crippen LogP contribution is -2.42. The molecule has 0 saturated carbocycles. The fourth-order valence-electron chi connectivity index (χ4n) is 2.48. The number of hydrogen-bond acceptors (Lipinski definition) is 6. The molecule has 7 nitrogen and oxygen atoms in total. The summed E-state index contributed by atoms with van der Waals surface area (Å²) in [5.41, 5.74) is 4.21. The number of hydrogen-bond donors (Lipinski definition) is 1. The van der Waals surface area contributed by atoms with Crippen LogP contribution in [0.5, 0.6) is 11.5 Å². The summed E-state index contributed by atoms with van der Waals surface area (Å²) in [7, 11) is 0. The summed E-state index contributed by atoms with van der Waals surface area (Å²) in [6, 6.07) is 5.64. The van der Waals surface area contributed by atoms with Gasteiger partial charge in [-0.25, -0.2) is 5.43 Å². The number of carbonyl (C=O) groups excluding carboxylic acids is 1. The lowest BCUT2D eigenvalue weighted by atomic mass is 10.1. The molecule has 1 fully saturated rings. The number of rotatable bonds is 4. The Bertz CT molecular complexity index is 597. The van der Waals surface area contributed by atoms with Gasteiger partial charge in [-0.05, 0) is 25.1 Å². The second-order valence-corrected chi connectivity index (χ2v) is 5.48. The van der Waals surface area contributed by atoms with E-state index in [2.05, 4.69) is 10.5 Å². The van der Waals surface area contributed by atoms with Crippen LogP contribution in [0.2, 0.25) is 0 Å². The van der Waals surface area contributed by atoms with Gasteiger partial charge in [0, 0.05) is 18.7 Å². The van der Waals surface area contributed by atoms with E-state index >= 15 is 0 Å². The van der Waals surface area contributed by atoms with Crippen LogP contribution >= 0.6 is 0 Å². The zero-order valence-corrected chi connectivity index (χ0v) is 13.2. The molecule has 0 aromatic heterocycles. The van der Waals surface area contributed by atoms with E-state index in [1.807, 2.05) is 30.0 Å². The number of morpholine rings is 1. The molecule has 0 bridgehead atoms. The molecule has 0 aliphatic carbocycles. The SMILES string of the molecule is C/C(=N/NC(=O)CN1CCOCC1)c1ccc2c(c1)OCCO2. The highest BCUT2D eigenvalue weighted by Crippen LogP contribution is 2.30. The topological polar surface area (TPSA) is 72.4 Å². The van der Waals surface area contributed by atoms with Gasteiger partial charge in [-0.15, -0.1) is 0 Å². The smallest absolute Gasteiger partial charge is 0.254 e. The first kappa shape index (κ1) is 15.8. The van der Waals surface area contributed by atoms with E-state index in [1.165, 1.54) is 0 Å². The van der Waals surface area contributed by atoms with Crippen LogP contribution in [-0.2, 0) is 9.53 Å². The molecule has 2 heterocycles. The summed E-state index contributed by atoms with van der Waals surface area (Å²) in [6.45, 7) is 6.19. The van der Waals surface area contributed by atoms with Gasteiger partial charge in [-0.3, -0.25) is 9.69 Å². The van der Waals surface area contributed by atoms with Crippen molar-refractivity contribution in [1.82, 2.24) is 10.3 Å². The fourth-order valence-corrected chi connectivity index (χ4v) is 2.48. The molecule has 1 N–H and O–H groups in total. The molecule has 0 radical (unpaired) electrons. The highest BCUT2D eigenvalue weighted by molar-refractivity contribution is 5.99. The number of carbonyl (C=O) groups is 1. The number of nitrogens with one attached hydrogen (secondary N) is 1.